The van der Waals surface area contributed by atoms with E-state index in [-0.39, 0.29) is 16.1 Å². The zero-order chi connectivity index (χ0) is 17.9. The molecule has 0 radical (unpaired) electrons. The summed E-state index contributed by atoms with van der Waals surface area (Å²) in [5.41, 5.74) is 0.826. The molecule has 5 nitrogen and oxygen atoms in total. The molecule has 1 aromatic carbocycles. The molecule has 1 amide bonds. The molecular weight excluding hydrogens is 346 g/mol. The molecule has 0 bridgehead atoms. The minimum absolute atomic E-state index is 0.140. The van der Waals surface area contributed by atoms with Crippen molar-refractivity contribution in [3.05, 3.63) is 34.7 Å². The maximum absolute atomic E-state index is 12.6. The Morgan fingerprint density at radius 1 is 1.38 bits per heavy atom. The fourth-order valence-electron chi connectivity index (χ4n) is 2.36. The fourth-order valence-corrected chi connectivity index (χ4v) is 3.72. The van der Waals surface area contributed by atoms with Crippen LogP contribution in [0.15, 0.2) is 29.2 Å². The first kappa shape index (κ1) is 18.5. The number of thiocarbonyl (C=S) groups is 1. The smallest absolute Gasteiger partial charge is 0.326 e. The van der Waals surface area contributed by atoms with Gasteiger partial charge in [-0.1, -0.05) is 50.0 Å². The Morgan fingerprint density at radius 2 is 2.00 bits per heavy atom. The second-order valence-electron chi connectivity index (χ2n) is 5.81. The van der Waals surface area contributed by atoms with E-state index >= 15 is 0 Å². The maximum Gasteiger partial charge on any atom is 0.326 e. The van der Waals surface area contributed by atoms with Crippen molar-refractivity contribution in [2.24, 2.45) is 5.92 Å². The van der Waals surface area contributed by atoms with Crippen molar-refractivity contribution < 1.29 is 19.4 Å². The number of carbonyl (C=O) groups is 2. The summed E-state index contributed by atoms with van der Waals surface area (Å²) in [6, 6.07) is 6.32. The SMILES string of the molecule is COc1ccc(/C=C2\SC(=S)N([C@H](CC(C)C)C(=O)O)C2=O)cc1. The van der Waals surface area contributed by atoms with Crippen molar-refractivity contribution in [1.29, 1.82) is 0 Å². The molecule has 24 heavy (non-hydrogen) atoms. The molecule has 0 unspecified atom stereocenters. The lowest BCUT2D eigenvalue weighted by atomic mass is 10.0. The number of hydrogen-bond acceptors (Lipinski definition) is 5. The van der Waals surface area contributed by atoms with E-state index in [2.05, 4.69) is 0 Å². The van der Waals surface area contributed by atoms with Crippen LogP contribution in [-0.4, -0.2) is 39.4 Å². The van der Waals surface area contributed by atoms with Gasteiger partial charge in [-0.15, -0.1) is 0 Å². The number of carboxylic acids is 1. The van der Waals surface area contributed by atoms with Gasteiger partial charge in [-0.25, -0.2) is 4.79 Å². The molecule has 1 fully saturated rings. The molecule has 7 heteroatoms. The number of rotatable bonds is 6. The molecule has 1 saturated heterocycles. The zero-order valence-electron chi connectivity index (χ0n) is 13.7. The summed E-state index contributed by atoms with van der Waals surface area (Å²) in [7, 11) is 1.58. The molecule has 0 spiro atoms. The van der Waals surface area contributed by atoms with Crippen LogP contribution < -0.4 is 4.74 Å². The lowest BCUT2D eigenvalue weighted by Crippen LogP contribution is -2.44. The first-order chi connectivity index (χ1) is 11.3. The van der Waals surface area contributed by atoms with Crippen LogP contribution >= 0.6 is 24.0 Å². The van der Waals surface area contributed by atoms with Crippen molar-refractivity contribution >= 4 is 46.3 Å². The molecule has 1 heterocycles. The van der Waals surface area contributed by atoms with Gasteiger partial charge in [0.15, 0.2) is 0 Å². The molecule has 1 aromatic rings. The molecule has 1 aliphatic heterocycles. The number of amides is 1. The predicted octanol–water partition coefficient (Wildman–Crippen LogP) is 3.40. The van der Waals surface area contributed by atoms with E-state index in [4.69, 9.17) is 17.0 Å². The predicted molar refractivity (Wildman–Crippen MR) is 98.9 cm³/mol. The average Bonchev–Trinajstić information content (AvgIpc) is 2.79. The molecule has 2 rings (SSSR count). The minimum atomic E-state index is -1.04. The number of aliphatic carboxylic acids is 1. The summed E-state index contributed by atoms with van der Waals surface area (Å²) in [5, 5.41) is 9.46. The Morgan fingerprint density at radius 3 is 2.50 bits per heavy atom. The number of carboxylic acid groups (broad SMARTS) is 1. The summed E-state index contributed by atoms with van der Waals surface area (Å²) < 4.78 is 5.39. The molecule has 128 valence electrons. The van der Waals surface area contributed by atoms with Gasteiger partial charge in [0.05, 0.1) is 12.0 Å². The van der Waals surface area contributed by atoms with E-state index in [0.29, 0.717) is 11.3 Å². The van der Waals surface area contributed by atoms with E-state index in [1.54, 1.807) is 25.3 Å². The summed E-state index contributed by atoms with van der Waals surface area (Å²) in [6.07, 6.45) is 2.07. The van der Waals surface area contributed by atoms with Crippen LogP contribution in [0, 0.1) is 5.92 Å². The third-order valence-electron chi connectivity index (χ3n) is 3.53. The minimum Gasteiger partial charge on any atom is -0.497 e. The lowest BCUT2D eigenvalue weighted by molar-refractivity contribution is -0.145. The van der Waals surface area contributed by atoms with Gasteiger partial charge in [-0.2, -0.15) is 0 Å². The van der Waals surface area contributed by atoms with Gasteiger partial charge in [0, 0.05) is 0 Å². The number of carbonyl (C=O) groups excluding carboxylic acids is 1. The van der Waals surface area contributed by atoms with Gasteiger partial charge in [-0.05, 0) is 36.1 Å². The third-order valence-corrected chi connectivity index (χ3v) is 4.86. The fraction of sp³-hybridized carbons (Fsp3) is 0.353. The molecule has 1 N–H and O–H groups in total. The highest BCUT2D eigenvalue weighted by Gasteiger charge is 2.40. The lowest BCUT2D eigenvalue weighted by Gasteiger charge is -2.24. The zero-order valence-corrected chi connectivity index (χ0v) is 15.3. The number of benzene rings is 1. The number of nitrogens with zero attached hydrogens (tertiary/aromatic N) is 1. The van der Waals surface area contributed by atoms with Crippen LogP contribution in [-0.2, 0) is 9.59 Å². The average molecular weight is 365 g/mol. The van der Waals surface area contributed by atoms with E-state index in [1.807, 2.05) is 26.0 Å². The highest BCUT2D eigenvalue weighted by atomic mass is 32.2. The Balaban J connectivity index is 2.26. The van der Waals surface area contributed by atoms with Crippen LogP contribution in [0.4, 0.5) is 0 Å². The first-order valence-corrected chi connectivity index (χ1v) is 8.70. The summed E-state index contributed by atoms with van der Waals surface area (Å²) >= 11 is 6.38. The van der Waals surface area contributed by atoms with Gasteiger partial charge in [0.1, 0.15) is 16.1 Å². The number of methoxy groups -OCH3 is 1. The second-order valence-corrected chi connectivity index (χ2v) is 7.48. The summed E-state index contributed by atoms with van der Waals surface area (Å²) in [6.45, 7) is 3.83. The van der Waals surface area contributed by atoms with Gasteiger partial charge < -0.3 is 9.84 Å². The van der Waals surface area contributed by atoms with Crippen LogP contribution in [0.25, 0.3) is 6.08 Å². The largest absolute Gasteiger partial charge is 0.497 e. The molecule has 1 atom stereocenters. The standard InChI is InChI=1S/C17H19NO4S2/c1-10(2)8-13(16(20)21)18-15(19)14(24-17(18)23)9-11-4-6-12(22-3)7-5-11/h4-7,9-10,13H,8H2,1-3H3,(H,20,21)/b14-9-/t13-/m1/s1. The van der Waals surface area contributed by atoms with Crippen LogP contribution in [0.2, 0.25) is 0 Å². The quantitative estimate of drug-likeness (QED) is 0.616. The normalized spacial score (nSPS) is 17.7. The summed E-state index contributed by atoms with van der Waals surface area (Å²) in [5.74, 6) is -0.525. The van der Waals surface area contributed by atoms with Crippen molar-refractivity contribution in [2.45, 2.75) is 26.3 Å². The Kier molecular flexibility index (Phi) is 6.01. The van der Waals surface area contributed by atoms with Gasteiger partial charge in [-0.3, -0.25) is 9.69 Å². The number of thioether (sulfide) groups is 1. The van der Waals surface area contributed by atoms with Gasteiger partial charge >= 0.3 is 5.97 Å². The number of hydrogen-bond donors (Lipinski definition) is 1. The molecule has 0 aliphatic carbocycles. The van der Waals surface area contributed by atoms with Gasteiger partial charge in [0.2, 0.25) is 0 Å². The van der Waals surface area contributed by atoms with Crippen LogP contribution in [0.3, 0.4) is 0 Å². The third kappa shape index (κ3) is 4.15. The van der Waals surface area contributed by atoms with E-state index in [9.17, 15) is 14.7 Å². The topological polar surface area (TPSA) is 66.8 Å². The first-order valence-electron chi connectivity index (χ1n) is 7.47. The number of ether oxygens (including phenoxy) is 1. The highest BCUT2D eigenvalue weighted by molar-refractivity contribution is 8.26. The van der Waals surface area contributed by atoms with Crippen molar-refractivity contribution in [3.63, 3.8) is 0 Å². The van der Waals surface area contributed by atoms with E-state index in [1.165, 1.54) is 4.90 Å². The van der Waals surface area contributed by atoms with Crippen molar-refractivity contribution in [3.8, 4) is 5.75 Å². The van der Waals surface area contributed by atoms with E-state index < -0.39 is 12.0 Å². The Bertz CT molecular complexity index is 682. The molecule has 0 saturated carbocycles. The molecular formula is C17H19NO4S2. The monoisotopic (exact) mass is 365 g/mol. The molecule has 0 aromatic heterocycles. The Hall–Kier alpha value is -1.86. The molecule has 1 aliphatic rings. The van der Waals surface area contributed by atoms with Crippen molar-refractivity contribution in [1.82, 2.24) is 4.90 Å². The van der Waals surface area contributed by atoms with Crippen LogP contribution in [0.5, 0.6) is 5.75 Å². The van der Waals surface area contributed by atoms with Crippen LogP contribution in [0.1, 0.15) is 25.8 Å². The van der Waals surface area contributed by atoms with Gasteiger partial charge in [0.25, 0.3) is 5.91 Å². The van der Waals surface area contributed by atoms with E-state index in [0.717, 1.165) is 23.1 Å². The Labute approximate surface area is 150 Å². The maximum atomic E-state index is 12.6. The van der Waals surface area contributed by atoms with Crippen molar-refractivity contribution in [2.75, 3.05) is 7.11 Å². The second kappa shape index (κ2) is 7.81. The highest BCUT2D eigenvalue weighted by Crippen LogP contribution is 2.35. The summed E-state index contributed by atoms with van der Waals surface area (Å²) in [4.78, 5) is 25.8.